The van der Waals surface area contributed by atoms with Gasteiger partial charge in [0, 0.05) is 25.3 Å². The van der Waals surface area contributed by atoms with Crippen LogP contribution in [0.1, 0.15) is 44.2 Å². The molecule has 1 aromatic carbocycles. The molecular formula is C24H35N6OP. The largest absolute Gasteiger partial charge is 0.383 e. The average molecular weight is 455 g/mol. The highest BCUT2D eigenvalue weighted by Gasteiger charge is 2.38. The fraction of sp³-hybridized carbons (Fsp3) is 0.542. The summed E-state index contributed by atoms with van der Waals surface area (Å²) in [5.41, 5.74) is 9.57. The number of carbonyl (C=O) groups is 1. The zero-order valence-corrected chi connectivity index (χ0v) is 20.5. The van der Waals surface area contributed by atoms with Gasteiger partial charge in [0.25, 0.3) is 0 Å². The van der Waals surface area contributed by atoms with Crippen molar-refractivity contribution in [3.8, 4) is 0 Å². The number of hydrogen-bond acceptors (Lipinski definition) is 6. The third kappa shape index (κ3) is 4.68. The molecule has 1 aromatic heterocycles. The monoisotopic (exact) mass is 454 g/mol. The predicted molar refractivity (Wildman–Crippen MR) is 134 cm³/mol. The van der Waals surface area contributed by atoms with Gasteiger partial charge in [-0.05, 0) is 61.8 Å². The van der Waals surface area contributed by atoms with Gasteiger partial charge >= 0.3 is 0 Å². The number of aromatic nitrogens is 2. The van der Waals surface area contributed by atoms with E-state index in [4.69, 9.17) is 5.73 Å². The molecule has 0 saturated carbocycles. The standard InChI is InChI=1S/C24H35N6OP/c1-4-17-10-15(2)11-18(12-17)28-19-6-5-8-30(24(19)31)20-13-29(9-7-16(20)3)23-21(32)22(25)26-14-27-23/h10-12,14,16,19-20,28H,4-9,13,32H2,1-3H3,(H2,25,26,27)/t16-,19+,20-/m0/s1. The first-order valence-corrected chi connectivity index (χ1v) is 12.2. The number of nitrogens with one attached hydrogen (secondary N) is 1. The number of likely N-dealkylation sites (tertiary alicyclic amines) is 1. The zero-order valence-electron chi connectivity index (χ0n) is 19.3. The van der Waals surface area contributed by atoms with E-state index in [2.05, 4.69) is 73.3 Å². The fourth-order valence-corrected chi connectivity index (χ4v) is 5.34. The Morgan fingerprint density at radius 2 is 2.03 bits per heavy atom. The summed E-state index contributed by atoms with van der Waals surface area (Å²) in [6, 6.07) is 6.49. The number of amides is 1. The molecule has 2 aliphatic heterocycles. The number of piperidine rings is 2. The van der Waals surface area contributed by atoms with Crippen molar-refractivity contribution < 1.29 is 4.79 Å². The van der Waals surface area contributed by atoms with Crippen molar-refractivity contribution in [3.05, 3.63) is 35.7 Å². The molecule has 0 bridgehead atoms. The lowest BCUT2D eigenvalue weighted by Gasteiger charge is -2.46. The summed E-state index contributed by atoms with van der Waals surface area (Å²) >= 11 is 0. The Bertz CT molecular complexity index is 983. The smallest absolute Gasteiger partial charge is 0.245 e. The van der Waals surface area contributed by atoms with Crippen LogP contribution in [0.4, 0.5) is 17.3 Å². The van der Waals surface area contributed by atoms with Gasteiger partial charge in [0.2, 0.25) is 5.91 Å². The first-order chi connectivity index (χ1) is 15.4. The second-order valence-corrected chi connectivity index (χ2v) is 9.78. The molecule has 2 saturated heterocycles. The molecule has 1 amide bonds. The summed E-state index contributed by atoms with van der Waals surface area (Å²) in [7, 11) is 2.67. The van der Waals surface area contributed by atoms with Crippen LogP contribution in [-0.4, -0.2) is 52.5 Å². The first-order valence-electron chi connectivity index (χ1n) is 11.7. The van der Waals surface area contributed by atoms with Crippen LogP contribution in [0, 0.1) is 12.8 Å². The molecule has 2 aromatic rings. The number of hydrogen-bond donors (Lipinski definition) is 2. The van der Waals surface area contributed by atoms with Crippen LogP contribution in [0.2, 0.25) is 0 Å². The van der Waals surface area contributed by atoms with Gasteiger partial charge in [-0.1, -0.05) is 29.2 Å². The van der Waals surface area contributed by atoms with Crippen molar-refractivity contribution in [2.75, 3.05) is 35.6 Å². The van der Waals surface area contributed by atoms with Crippen LogP contribution in [0.5, 0.6) is 0 Å². The number of benzene rings is 1. The molecule has 3 heterocycles. The summed E-state index contributed by atoms with van der Waals surface area (Å²) in [4.78, 5) is 26.5. The highest BCUT2D eigenvalue weighted by molar-refractivity contribution is 7.28. The molecule has 4 rings (SSSR count). The topological polar surface area (TPSA) is 87.4 Å². The molecule has 32 heavy (non-hydrogen) atoms. The first kappa shape index (κ1) is 22.8. The summed E-state index contributed by atoms with van der Waals surface area (Å²) in [5, 5.41) is 4.37. The van der Waals surface area contributed by atoms with E-state index in [1.54, 1.807) is 0 Å². The summed E-state index contributed by atoms with van der Waals surface area (Å²) in [6.07, 6.45) is 5.39. The van der Waals surface area contributed by atoms with Crippen LogP contribution in [-0.2, 0) is 11.2 Å². The Balaban J connectivity index is 1.51. The molecule has 0 radical (unpaired) electrons. The third-order valence-electron chi connectivity index (χ3n) is 6.87. The van der Waals surface area contributed by atoms with E-state index in [0.29, 0.717) is 11.7 Å². The van der Waals surface area contributed by atoms with Gasteiger partial charge in [-0.25, -0.2) is 9.97 Å². The summed E-state index contributed by atoms with van der Waals surface area (Å²) < 4.78 is 0. The lowest BCUT2D eigenvalue weighted by atomic mass is 9.89. The van der Waals surface area contributed by atoms with Gasteiger partial charge in [-0.2, -0.15) is 0 Å². The van der Waals surface area contributed by atoms with Gasteiger partial charge < -0.3 is 20.9 Å². The summed E-state index contributed by atoms with van der Waals surface area (Å²) in [6.45, 7) is 9.01. The minimum absolute atomic E-state index is 0.158. The summed E-state index contributed by atoms with van der Waals surface area (Å²) in [5.74, 6) is 1.98. The highest BCUT2D eigenvalue weighted by Crippen LogP contribution is 2.29. The van der Waals surface area contributed by atoms with Gasteiger partial charge in [-0.3, -0.25) is 4.79 Å². The fourth-order valence-electron chi connectivity index (χ4n) is 5.01. The molecule has 3 N–H and O–H groups in total. The van der Waals surface area contributed by atoms with E-state index in [1.165, 1.54) is 17.5 Å². The van der Waals surface area contributed by atoms with Crippen LogP contribution >= 0.6 is 9.24 Å². The molecule has 7 nitrogen and oxygen atoms in total. The lowest BCUT2D eigenvalue weighted by molar-refractivity contribution is -0.138. The zero-order chi connectivity index (χ0) is 22.8. The molecule has 2 aliphatic rings. The van der Waals surface area contributed by atoms with Crippen molar-refractivity contribution in [3.63, 3.8) is 0 Å². The molecule has 1 unspecified atom stereocenters. The molecule has 172 valence electrons. The molecule has 4 atom stereocenters. The maximum atomic E-state index is 13.6. The van der Waals surface area contributed by atoms with E-state index in [9.17, 15) is 4.79 Å². The number of rotatable bonds is 5. The van der Waals surface area contributed by atoms with Gasteiger partial charge in [0.15, 0.2) is 0 Å². The maximum absolute atomic E-state index is 13.6. The minimum atomic E-state index is -0.176. The maximum Gasteiger partial charge on any atom is 0.245 e. The Labute approximate surface area is 193 Å². The van der Waals surface area contributed by atoms with E-state index >= 15 is 0 Å². The number of anilines is 3. The van der Waals surface area contributed by atoms with Gasteiger partial charge in [-0.15, -0.1) is 0 Å². The van der Waals surface area contributed by atoms with E-state index < -0.39 is 0 Å². The molecule has 2 fully saturated rings. The molecule has 0 aliphatic carbocycles. The van der Waals surface area contributed by atoms with Crippen molar-refractivity contribution in [2.45, 2.75) is 58.5 Å². The average Bonchev–Trinajstić information content (AvgIpc) is 2.77. The predicted octanol–water partition coefficient (Wildman–Crippen LogP) is 2.75. The van der Waals surface area contributed by atoms with Crippen LogP contribution in [0.25, 0.3) is 0 Å². The second-order valence-electron chi connectivity index (χ2n) is 9.21. The van der Waals surface area contributed by atoms with Crippen LogP contribution < -0.4 is 21.3 Å². The molecular weight excluding hydrogens is 419 g/mol. The van der Waals surface area contributed by atoms with Crippen LogP contribution in [0.15, 0.2) is 24.5 Å². The van der Waals surface area contributed by atoms with Crippen molar-refractivity contribution in [2.24, 2.45) is 5.92 Å². The third-order valence-corrected chi connectivity index (χ3v) is 7.43. The number of aryl methyl sites for hydroxylation is 2. The minimum Gasteiger partial charge on any atom is -0.383 e. The van der Waals surface area contributed by atoms with Gasteiger partial charge in [0.1, 0.15) is 24.0 Å². The normalized spacial score (nSPS) is 24.0. The van der Waals surface area contributed by atoms with Crippen LogP contribution in [0.3, 0.4) is 0 Å². The van der Waals surface area contributed by atoms with E-state index in [1.807, 2.05) is 0 Å². The number of nitrogens with two attached hydrogens (primary N) is 1. The van der Waals surface area contributed by atoms with Crippen molar-refractivity contribution in [1.82, 2.24) is 14.9 Å². The number of carbonyl (C=O) groups excluding carboxylic acids is 1. The molecule has 8 heteroatoms. The van der Waals surface area contributed by atoms with Gasteiger partial charge in [0.05, 0.1) is 11.3 Å². The Kier molecular flexibility index (Phi) is 6.85. The van der Waals surface area contributed by atoms with Crippen molar-refractivity contribution in [1.29, 1.82) is 0 Å². The Morgan fingerprint density at radius 1 is 1.22 bits per heavy atom. The quantitative estimate of drug-likeness (QED) is 0.676. The highest BCUT2D eigenvalue weighted by atomic mass is 31.0. The Morgan fingerprint density at radius 3 is 2.81 bits per heavy atom. The van der Waals surface area contributed by atoms with Crippen molar-refractivity contribution >= 4 is 37.8 Å². The second kappa shape index (κ2) is 9.62. The lowest BCUT2D eigenvalue weighted by Crippen LogP contribution is -2.59. The van der Waals surface area contributed by atoms with E-state index in [-0.39, 0.29) is 18.0 Å². The molecule has 0 spiro atoms. The number of nitrogen functional groups attached to an aromatic ring is 1. The number of nitrogens with zero attached hydrogens (tertiary/aromatic N) is 4. The SMILES string of the molecule is CCc1cc(C)cc(N[C@@H]2CCCN([C@H]3CN(c4ncnc(N)c4P)CC[C@@H]3C)C2=O)c1. The van der Waals surface area contributed by atoms with E-state index in [0.717, 1.165) is 62.1 Å². The Hall–Kier alpha value is -2.40.